The smallest absolute Gasteiger partial charge is 0.355 e. The molecule has 3 rings (SSSR count). The largest absolute Gasteiger partial charge is 0.448 e. The molecule has 0 fully saturated rings. The Morgan fingerprint density at radius 3 is 2.56 bits per heavy atom. The van der Waals surface area contributed by atoms with Crippen LogP contribution in [0.25, 0.3) is 11.5 Å². The van der Waals surface area contributed by atoms with Gasteiger partial charge in [-0.1, -0.05) is 18.2 Å². The molecule has 3 aromatic rings. The Labute approximate surface area is 144 Å². The van der Waals surface area contributed by atoms with Gasteiger partial charge in [-0.25, -0.2) is 4.79 Å². The Bertz CT molecular complexity index is 912. The van der Waals surface area contributed by atoms with Gasteiger partial charge in [-0.3, -0.25) is 4.79 Å². The monoisotopic (exact) mass is 339 g/mol. The first-order chi connectivity index (χ1) is 12.0. The van der Waals surface area contributed by atoms with Gasteiger partial charge in [0.2, 0.25) is 5.89 Å². The molecule has 0 N–H and O–H groups in total. The highest BCUT2D eigenvalue weighted by Crippen LogP contribution is 2.23. The molecule has 0 aliphatic carbocycles. The molecular weight excluding hydrogens is 322 g/mol. The van der Waals surface area contributed by atoms with Crippen LogP contribution in [-0.2, 0) is 11.8 Å². The average Bonchev–Trinajstić information content (AvgIpc) is 3.22. The summed E-state index contributed by atoms with van der Waals surface area (Å²) in [4.78, 5) is 23.7. The minimum Gasteiger partial charge on any atom is -0.448 e. The first-order valence-electron chi connectivity index (χ1n) is 7.73. The van der Waals surface area contributed by atoms with E-state index in [1.807, 2.05) is 30.3 Å². The van der Waals surface area contributed by atoms with Crippen molar-refractivity contribution < 1.29 is 18.7 Å². The highest BCUT2D eigenvalue weighted by Gasteiger charge is 2.22. The number of esters is 1. The summed E-state index contributed by atoms with van der Waals surface area (Å²) in [6.07, 6.45) is 0.872. The number of ether oxygens (including phenoxy) is 1. The molecule has 1 aromatic carbocycles. The number of Topliss-reactive ketones (excluding diaryl/α,β-unsaturated/α-hetero) is 1. The van der Waals surface area contributed by atoms with Crippen molar-refractivity contribution in [2.24, 2.45) is 7.05 Å². The molecular formula is C18H17N3O4. The maximum absolute atomic E-state index is 12.3. The van der Waals surface area contributed by atoms with E-state index in [1.54, 1.807) is 24.7 Å². The van der Waals surface area contributed by atoms with E-state index >= 15 is 0 Å². The van der Waals surface area contributed by atoms with Crippen LogP contribution in [0.15, 0.2) is 47.0 Å². The minimum atomic E-state index is -0.715. The van der Waals surface area contributed by atoms with Gasteiger partial charge >= 0.3 is 5.97 Å². The van der Waals surface area contributed by atoms with Gasteiger partial charge in [0, 0.05) is 24.4 Å². The predicted octanol–water partition coefficient (Wildman–Crippen LogP) is 3.20. The van der Waals surface area contributed by atoms with Gasteiger partial charge in [-0.2, -0.15) is 0 Å². The SMILES string of the molecule is CC(=O)c1cc(C(=O)O[C@@H](C)c2nnc(-c3ccccc3)o2)n(C)c1. The van der Waals surface area contributed by atoms with Crippen LogP contribution in [0.1, 0.15) is 46.7 Å². The van der Waals surface area contributed by atoms with Crippen LogP contribution in [0.3, 0.4) is 0 Å². The second kappa shape index (κ2) is 6.72. The Hall–Kier alpha value is -3.22. The van der Waals surface area contributed by atoms with E-state index in [-0.39, 0.29) is 17.4 Å². The molecule has 0 radical (unpaired) electrons. The van der Waals surface area contributed by atoms with Crippen molar-refractivity contribution >= 4 is 11.8 Å². The Morgan fingerprint density at radius 1 is 1.20 bits per heavy atom. The number of carbonyl (C=O) groups is 2. The lowest BCUT2D eigenvalue weighted by Crippen LogP contribution is -2.12. The van der Waals surface area contributed by atoms with Crippen molar-refractivity contribution in [3.05, 3.63) is 59.7 Å². The molecule has 0 saturated carbocycles. The molecule has 2 heterocycles. The number of hydrogen-bond donors (Lipinski definition) is 0. The quantitative estimate of drug-likeness (QED) is 0.524. The Morgan fingerprint density at radius 2 is 1.92 bits per heavy atom. The van der Waals surface area contributed by atoms with Crippen LogP contribution < -0.4 is 0 Å². The Balaban J connectivity index is 1.74. The maximum Gasteiger partial charge on any atom is 0.355 e. The number of carbonyl (C=O) groups excluding carboxylic acids is 2. The summed E-state index contributed by atoms with van der Waals surface area (Å²) in [7, 11) is 1.67. The van der Waals surface area contributed by atoms with E-state index in [9.17, 15) is 9.59 Å². The van der Waals surface area contributed by atoms with Crippen molar-refractivity contribution in [1.29, 1.82) is 0 Å². The van der Waals surface area contributed by atoms with Crippen LogP contribution in [0, 0.1) is 0 Å². The minimum absolute atomic E-state index is 0.118. The lowest BCUT2D eigenvalue weighted by atomic mass is 10.2. The summed E-state index contributed by atoms with van der Waals surface area (Å²) in [6, 6.07) is 10.8. The summed E-state index contributed by atoms with van der Waals surface area (Å²) >= 11 is 0. The van der Waals surface area contributed by atoms with Gasteiger partial charge in [-0.15, -0.1) is 10.2 Å². The van der Waals surface area contributed by atoms with Crippen LogP contribution in [0.2, 0.25) is 0 Å². The van der Waals surface area contributed by atoms with Crippen molar-refractivity contribution in [1.82, 2.24) is 14.8 Å². The molecule has 0 spiro atoms. The van der Waals surface area contributed by atoms with Gasteiger partial charge in [-0.05, 0) is 32.0 Å². The van der Waals surface area contributed by atoms with E-state index in [0.717, 1.165) is 5.56 Å². The molecule has 0 amide bonds. The summed E-state index contributed by atoms with van der Waals surface area (Å²) in [5.41, 5.74) is 1.51. The van der Waals surface area contributed by atoms with E-state index < -0.39 is 12.1 Å². The van der Waals surface area contributed by atoms with Crippen LogP contribution >= 0.6 is 0 Å². The fourth-order valence-electron chi connectivity index (χ4n) is 2.33. The highest BCUT2D eigenvalue weighted by molar-refractivity contribution is 5.97. The van der Waals surface area contributed by atoms with Gasteiger partial charge in [0.05, 0.1) is 0 Å². The summed E-state index contributed by atoms with van der Waals surface area (Å²) < 4.78 is 12.5. The number of hydrogen-bond acceptors (Lipinski definition) is 6. The fourth-order valence-corrected chi connectivity index (χ4v) is 2.33. The van der Waals surface area contributed by atoms with Crippen LogP contribution in [0.5, 0.6) is 0 Å². The van der Waals surface area contributed by atoms with Crippen LogP contribution in [0.4, 0.5) is 0 Å². The summed E-state index contributed by atoms with van der Waals surface area (Å²) in [5, 5.41) is 7.91. The maximum atomic E-state index is 12.3. The number of rotatable bonds is 5. The molecule has 0 aliphatic heterocycles. The number of ketones is 1. The van der Waals surface area contributed by atoms with Gasteiger partial charge in [0.1, 0.15) is 5.69 Å². The molecule has 25 heavy (non-hydrogen) atoms. The van der Waals surface area contributed by atoms with Crippen molar-refractivity contribution in [2.45, 2.75) is 20.0 Å². The van der Waals surface area contributed by atoms with E-state index in [0.29, 0.717) is 11.5 Å². The second-order valence-electron chi connectivity index (χ2n) is 5.64. The standard InChI is InChI=1S/C18H17N3O4/c1-11(22)14-9-15(21(3)10-14)18(23)24-12(2)16-19-20-17(25-16)13-7-5-4-6-8-13/h4-10,12H,1-3H3/t12-/m0/s1. The molecule has 2 aromatic heterocycles. The molecule has 7 nitrogen and oxygen atoms in total. The van der Waals surface area contributed by atoms with Gasteiger partial charge < -0.3 is 13.7 Å². The molecule has 7 heteroatoms. The number of benzene rings is 1. The molecule has 0 bridgehead atoms. The summed E-state index contributed by atoms with van der Waals surface area (Å²) in [6.45, 7) is 3.09. The third kappa shape index (κ3) is 3.50. The molecule has 1 atom stereocenters. The van der Waals surface area contributed by atoms with Gasteiger partial charge in [0.15, 0.2) is 11.9 Å². The van der Waals surface area contributed by atoms with E-state index in [1.165, 1.54) is 13.0 Å². The third-order valence-electron chi connectivity index (χ3n) is 3.71. The van der Waals surface area contributed by atoms with E-state index in [4.69, 9.17) is 9.15 Å². The second-order valence-corrected chi connectivity index (χ2v) is 5.64. The number of aromatic nitrogens is 3. The highest BCUT2D eigenvalue weighted by atomic mass is 16.6. The van der Waals surface area contributed by atoms with Crippen molar-refractivity contribution in [3.63, 3.8) is 0 Å². The normalized spacial score (nSPS) is 12.0. The zero-order valence-corrected chi connectivity index (χ0v) is 14.1. The molecule has 128 valence electrons. The zero-order valence-electron chi connectivity index (χ0n) is 14.1. The third-order valence-corrected chi connectivity index (χ3v) is 3.71. The predicted molar refractivity (Wildman–Crippen MR) is 89.0 cm³/mol. The van der Waals surface area contributed by atoms with Gasteiger partial charge in [0.25, 0.3) is 5.89 Å². The first-order valence-corrected chi connectivity index (χ1v) is 7.73. The first kappa shape index (κ1) is 16.6. The molecule has 0 saturated heterocycles. The average molecular weight is 339 g/mol. The van der Waals surface area contributed by atoms with Crippen molar-refractivity contribution in [3.8, 4) is 11.5 Å². The topological polar surface area (TPSA) is 87.2 Å². The van der Waals surface area contributed by atoms with Crippen LogP contribution in [-0.4, -0.2) is 26.5 Å². The molecule has 0 unspecified atom stereocenters. The van der Waals surface area contributed by atoms with Crippen molar-refractivity contribution in [2.75, 3.05) is 0 Å². The summed E-state index contributed by atoms with van der Waals surface area (Å²) in [5.74, 6) is -0.126. The number of aryl methyl sites for hydroxylation is 1. The fraction of sp³-hybridized carbons (Fsp3) is 0.222. The number of nitrogens with zero attached hydrogens (tertiary/aromatic N) is 3. The lowest BCUT2D eigenvalue weighted by molar-refractivity contribution is 0.0269. The van der Waals surface area contributed by atoms with E-state index in [2.05, 4.69) is 10.2 Å². The Kier molecular flexibility index (Phi) is 4.47. The lowest BCUT2D eigenvalue weighted by Gasteiger charge is -2.09. The zero-order chi connectivity index (χ0) is 18.0. The molecule has 0 aliphatic rings.